The van der Waals surface area contributed by atoms with Gasteiger partial charge in [-0.1, -0.05) is 0 Å². The van der Waals surface area contributed by atoms with E-state index in [0.717, 1.165) is 0 Å². The zero-order chi connectivity index (χ0) is 30.3. The van der Waals surface area contributed by atoms with Crippen molar-refractivity contribution in [3.8, 4) is 0 Å². The molecular formula is C25H46N2O8. The molecule has 2 aliphatic heterocycles. The van der Waals surface area contributed by atoms with Gasteiger partial charge in [0.25, 0.3) is 0 Å². The average Bonchev–Trinajstić information content (AvgIpc) is 3.14. The van der Waals surface area contributed by atoms with Gasteiger partial charge >= 0.3 is 12.2 Å². The van der Waals surface area contributed by atoms with E-state index in [1.165, 1.54) is 23.6 Å². The molecule has 0 aromatic rings. The third-order valence-electron chi connectivity index (χ3n) is 5.27. The Bertz CT molecular complexity index is 889. The van der Waals surface area contributed by atoms with E-state index in [9.17, 15) is 19.5 Å². The van der Waals surface area contributed by atoms with Crippen LogP contribution in [0.15, 0.2) is 0 Å². The summed E-state index contributed by atoms with van der Waals surface area (Å²) in [5, 5.41) is 10.4. The average molecular weight is 506 g/mol. The van der Waals surface area contributed by atoms with Crippen LogP contribution in [-0.2, 0) is 23.7 Å². The molecule has 204 valence electrons. The Morgan fingerprint density at radius 1 is 0.857 bits per heavy atom. The highest BCUT2D eigenvalue weighted by Crippen LogP contribution is 2.34. The van der Waals surface area contributed by atoms with Crippen LogP contribution in [0.25, 0.3) is 0 Å². The Kier molecular flexibility index (Phi) is 7.64. The Morgan fingerprint density at radius 3 is 1.66 bits per heavy atom. The van der Waals surface area contributed by atoms with Gasteiger partial charge in [-0.15, -0.1) is 0 Å². The molecule has 2 saturated heterocycles. The molecule has 2 rings (SSSR count). The molecule has 2 amide bonds. The van der Waals surface area contributed by atoms with Crippen LogP contribution in [0.3, 0.4) is 0 Å². The van der Waals surface area contributed by atoms with E-state index in [1.54, 1.807) is 69.2 Å². The summed E-state index contributed by atoms with van der Waals surface area (Å²) >= 11 is 0. The van der Waals surface area contributed by atoms with Crippen LogP contribution < -0.4 is 0 Å². The van der Waals surface area contributed by atoms with Gasteiger partial charge in [0, 0.05) is 4.11 Å². The maximum absolute atomic E-state index is 12.4. The Balaban J connectivity index is 0.000000389. The van der Waals surface area contributed by atoms with Crippen LogP contribution >= 0.6 is 0 Å². The number of amides is 2. The number of ketones is 1. The fraction of sp³-hybridized carbons (Fsp3) is 0.880. The standard InChI is InChI=1S/C13H25NO4.C12H21NO4/c1-11(2,3)18-10(15)14-9(12(4,5)16)8-17-13(14,6)7;1-8(14)9-7-16-12(5,6)13(9)10(15)17-11(2,3)4/h9,16H,8H2,1-7H3;9H,7H2,1-6H3/i4D3;/t9?,12-;/m0./s1. The van der Waals surface area contributed by atoms with Gasteiger partial charge in [-0.2, -0.15) is 0 Å². The first kappa shape index (κ1) is 26.2. The lowest BCUT2D eigenvalue weighted by molar-refractivity contribution is -0.122. The third kappa shape index (κ3) is 8.61. The molecule has 0 spiro atoms. The number of carbonyl (C=O) groups excluding carboxylic acids is 3. The second kappa shape index (κ2) is 10.2. The molecule has 1 N–H and O–H groups in total. The third-order valence-corrected chi connectivity index (χ3v) is 5.27. The Labute approximate surface area is 214 Å². The van der Waals surface area contributed by atoms with Crippen molar-refractivity contribution in [2.45, 2.75) is 130 Å². The normalized spacial score (nSPS) is 26.9. The molecule has 10 nitrogen and oxygen atoms in total. The van der Waals surface area contributed by atoms with Crippen molar-refractivity contribution >= 4 is 18.0 Å². The highest BCUT2D eigenvalue weighted by molar-refractivity contribution is 5.86. The summed E-state index contributed by atoms with van der Waals surface area (Å²) in [5.74, 6) is -0.0959. The maximum Gasteiger partial charge on any atom is 0.413 e. The largest absolute Gasteiger partial charge is 0.444 e. The highest BCUT2D eigenvalue weighted by atomic mass is 16.6. The molecule has 0 radical (unpaired) electrons. The Hall–Kier alpha value is -1.91. The molecule has 0 bridgehead atoms. The summed E-state index contributed by atoms with van der Waals surface area (Å²) in [6.45, 7) is 17.4. The van der Waals surface area contributed by atoms with Crippen LogP contribution in [-0.4, -0.2) is 86.4 Å². The zero-order valence-electron chi connectivity index (χ0n) is 26.3. The summed E-state index contributed by atoms with van der Waals surface area (Å²) in [4.78, 5) is 38.5. The number of Topliss-reactive ketones (excluding diaryl/α,β-unsaturated/α-hetero) is 1. The van der Waals surface area contributed by atoms with Crippen molar-refractivity contribution < 1.29 is 42.5 Å². The van der Waals surface area contributed by atoms with E-state index in [2.05, 4.69) is 0 Å². The van der Waals surface area contributed by atoms with Gasteiger partial charge in [0.1, 0.15) is 28.7 Å². The summed E-state index contributed by atoms with van der Waals surface area (Å²) < 4.78 is 44.0. The monoisotopic (exact) mass is 505 g/mol. The summed E-state index contributed by atoms with van der Waals surface area (Å²) in [6, 6.07) is -1.57. The molecule has 2 unspecified atom stereocenters. The van der Waals surface area contributed by atoms with Crippen molar-refractivity contribution in [3.63, 3.8) is 0 Å². The number of rotatable bonds is 2. The van der Waals surface area contributed by atoms with Crippen molar-refractivity contribution in [1.29, 1.82) is 0 Å². The SMILES string of the molecule is CC(=O)C1COC(C)(C)N1C(=O)OC(C)(C)C.[2H]C([2H])([2H])[C@@](C)(O)C1COC(C)(C)N1C(=O)OC(C)(C)C. The lowest BCUT2D eigenvalue weighted by Gasteiger charge is -2.38. The molecule has 2 heterocycles. The van der Waals surface area contributed by atoms with Crippen molar-refractivity contribution in [2.24, 2.45) is 0 Å². The topological polar surface area (TPSA) is 115 Å². The van der Waals surface area contributed by atoms with Crippen LogP contribution in [0.5, 0.6) is 0 Å². The predicted octanol–water partition coefficient (Wildman–Crippen LogP) is 4.08. The second-order valence-electron chi connectivity index (χ2n) is 12.0. The van der Waals surface area contributed by atoms with E-state index in [1.807, 2.05) is 0 Å². The second-order valence-corrected chi connectivity index (χ2v) is 12.0. The molecule has 0 aliphatic carbocycles. The quantitative estimate of drug-likeness (QED) is 0.597. The van der Waals surface area contributed by atoms with Crippen LogP contribution in [0.2, 0.25) is 0 Å². The van der Waals surface area contributed by atoms with E-state index in [4.69, 9.17) is 23.1 Å². The first-order valence-electron chi connectivity index (χ1n) is 13.2. The van der Waals surface area contributed by atoms with Gasteiger partial charge in [-0.05, 0) is 89.9 Å². The van der Waals surface area contributed by atoms with Gasteiger partial charge in [-0.3, -0.25) is 14.6 Å². The van der Waals surface area contributed by atoms with Gasteiger partial charge in [-0.25, -0.2) is 9.59 Å². The van der Waals surface area contributed by atoms with Gasteiger partial charge in [0.05, 0.1) is 24.9 Å². The summed E-state index contributed by atoms with van der Waals surface area (Å²) in [5.41, 5.74) is -5.28. The molecule has 35 heavy (non-hydrogen) atoms. The molecular weight excluding hydrogens is 456 g/mol. The van der Waals surface area contributed by atoms with E-state index < -0.39 is 59.4 Å². The highest BCUT2D eigenvalue weighted by Gasteiger charge is 2.51. The molecule has 0 aromatic carbocycles. The fourth-order valence-electron chi connectivity index (χ4n) is 3.63. The summed E-state index contributed by atoms with van der Waals surface area (Å²) in [6.07, 6.45) is -1.22. The maximum atomic E-state index is 12.4. The fourth-order valence-corrected chi connectivity index (χ4v) is 3.63. The number of carbonyl (C=O) groups is 3. The van der Waals surface area contributed by atoms with E-state index in [0.29, 0.717) is 0 Å². The smallest absolute Gasteiger partial charge is 0.413 e. The molecule has 0 saturated carbocycles. The first-order chi connectivity index (χ1) is 16.6. The molecule has 2 aliphatic rings. The van der Waals surface area contributed by atoms with Gasteiger partial charge in [0.2, 0.25) is 0 Å². The van der Waals surface area contributed by atoms with Gasteiger partial charge in [0.15, 0.2) is 5.78 Å². The minimum atomic E-state index is -2.65. The minimum absolute atomic E-state index is 0.0718. The van der Waals surface area contributed by atoms with Crippen molar-refractivity contribution in [2.75, 3.05) is 13.2 Å². The van der Waals surface area contributed by atoms with Crippen LogP contribution in [0.4, 0.5) is 9.59 Å². The molecule has 10 heteroatoms. The number of ether oxygens (including phenoxy) is 4. The molecule has 0 aromatic heterocycles. The lowest BCUT2D eigenvalue weighted by Crippen LogP contribution is -2.56. The Morgan fingerprint density at radius 2 is 1.26 bits per heavy atom. The van der Waals surface area contributed by atoms with Crippen molar-refractivity contribution in [1.82, 2.24) is 9.80 Å². The molecule has 2 fully saturated rings. The number of nitrogens with zero attached hydrogens (tertiary/aromatic N) is 2. The van der Waals surface area contributed by atoms with Gasteiger partial charge < -0.3 is 24.1 Å². The predicted molar refractivity (Wildman–Crippen MR) is 131 cm³/mol. The zero-order valence-corrected chi connectivity index (χ0v) is 23.3. The number of hydrogen-bond acceptors (Lipinski definition) is 8. The minimum Gasteiger partial charge on any atom is -0.444 e. The van der Waals surface area contributed by atoms with E-state index in [-0.39, 0.29) is 19.0 Å². The number of aliphatic hydroxyl groups is 1. The first-order valence-corrected chi connectivity index (χ1v) is 11.7. The van der Waals surface area contributed by atoms with Crippen LogP contribution in [0.1, 0.15) is 94.0 Å². The molecule has 3 atom stereocenters. The number of hydrogen-bond donors (Lipinski definition) is 1. The van der Waals surface area contributed by atoms with Crippen LogP contribution in [0, 0.1) is 0 Å². The van der Waals surface area contributed by atoms with E-state index >= 15 is 0 Å². The lowest BCUT2D eigenvalue weighted by atomic mass is 9.98. The van der Waals surface area contributed by atoms with Crippen molar-refractivity contribution in [3.05, 3.63) is 0 Å². The summed E-state index contributed by atoms with van der Waals surface area (Å²) in [7, 11) is 0.